The van der Waals surface area contributed by atoms with Crippen molar-refractivity contribution in [3.05, 3.63) is 54.6 Å². The molecule has 4 rings (SSSR count). The topological polar surface area (TPSA) is 59.1 Å². The zero-order valence-corrected chi connectivity index (χ0v) is 17.2. The second kappa shape index (κ2) is 9.65. The summed E-state index contributed by atoms with van der Waals surface area (Å²) >= 11 is 0. The van der Waals surface area contributed by atoms with Gasteiger partial charge >= 0.3 is 0 Å². The number of hydrogen-bond acceptors (Lipinski definition) is 4. The fourth-order valence-corrected chi connectivity index (χ4v) is 4.06. The lowest BCUT2D eigenvalue weighted by atomic mass is 9.99. The van der Waals surface area contributed by atoms with Gasteiger partial charge in [-0.1, -0.05) is 24.3 Å². The van der Waals surface area contributed by atoms with Crippen molar-refractivity contribution >= 4 is 17.5 Å². The van der Waals surface area contributed by atoms with Crippen LogP contribution in [-0.4, -0.2) is 49.6 Å². The maximum absolute atomic E-state index is 12.7. The first-order valence-corrected chi connectivity index (χ1v) is 10.7. The van der Waals surface area contributed by atoms with Crippen LogP contribution in [-0.2, 0) is 9.59 Å². The Morgan fingerprint density at radius 3 is 2.60 bits per heavy atom. The fourth-order valence-electron chi connectivity index (χ4n) is 4.06. The minimum Gasteiger partial charge on any atom is -0.493 e. The van der Waals surface area contributed by atoms with Crippen LogP contribution in [0.3, 0.4) is 0 Å². The predicted molar refractivity (Wildman–Crippen MR) is 115 cm³/mol. The molecule has 0 bridgehead atoms. The molecular formula is C24H28N2O4. The van der Waals surface area contributed by atoms with Crippen molar-refractivity contribution in [2.24, 2.45) is 5.92 Å². The highest BCUT2D eigenvalue weighted by molar-refractivity contribution is 5.95. The smallest absolute Gasteiger partial charge is 0.260 e. The van der Waals surface area contributed by atoms with Gasteiger partial charge in [0, 0.05) is 43.7 Å². The highest BCUT2D eigenvalue weighted by Gasteiger charge is 2.25. The van der Waals surface area contributed by atoms with Crippen LogP contribution in [0.1, 0.15) is 25.7 Å². The molecule has 2 aromatic carbocycles. The van der Waals surface area contributed by atoms with Gasteiger partial charge in [0.25, 0.3) is 5.91 Å². The highest BCUT2D eigenvalue weighted by atomic mass is 16.5. The molecule has 0 N–H and O–H groups in total. The fraction of sp³-hybridized carbons (Fsp3) is 0.417. The Balaban J connectivity index is 1.27. The third-order valence-electron chi connectivity index (χ3n) is 5.67. The average molecular weight is 408 g/mol. The highest BCUT2D eigenvalue weighted by Crippen LogP contribution is 2.25. The third kappa shape index (κ3) is 5.12. The van der Waals surface area contributed by atoms with Crippen LogP contribution in [0.25, 0.3) is 0 Å². The molecule has 2 heterocycles. The maximum Gasteiger partial charge on any atom is 0.260 e. The third-order valence-corrected chi connectivity index (χ3v) is 5.67. The quantitative estimate of drug-likeness (QED) is 0.704. The van der Waals surface area contributed by atoms with Gasteiger partial charge in [0.15, 0.2) is 6.61 Å². The number of rotatable bonds is 7. The summed E-state index contributed by atoms with van der Waals surface area (Å²) in [7, 11) is 0. The van der Waals surface area contributed by atoms with Gasteiger partial charge in [0.05, 0.1) is 6.61 Å². The molecule has 2 aliphatic heterocycles. The Morgan fingerprint density at radius 1 is 0.967 bits per heavy atom. The molecule has 1 atom stereocenters. The van der Waals surface area contributed by atoms with E-state index in [0.29, 0.717) is 31.2 Å². The van der Waals surface area contributed by atoms with Crippen molar-refractivity contribution in [3.63, 3.8) is 0 Å². The Morgan fingerprint density at radius 2 is 1.80 bits per heavy atom. The van der Waals surface area contributed by atoms with Gasteiger partial charge in [-0.05, 0) is 43.5 Å². The lowest BCUT2D eigenvalue weighted by Crippen LogP contribution is -2.43. The van der Waals surface area contributed by atoms with Gasteiger partial charge in [-0.2, -0.15) is 0 Å². The molecule has 0 spiro atoms. The second-order valence-corrected chi connectivity index (χ2v) is 7.91. The number of ether oxygens (including phenoxy) is 2. The van der Waals surface area contributed by atoms with E-state index in [-0.39, 0.29) is 18.4 Å². The monoisotopic (exact) mass is 408 g/mol. The first-order chi connectivity index (χ1) is 14.7. The van der Waals surface area contributed by atoms with Crippen LogP contribution in [0.5, 0.6) is 11.5 Å². The van der Waals surface area contributed by atoms with E-state index >= 15 is 0 Å². The van der Waals surface area contributed by atoms with Crippen LogP contribution in [0.15, 0.2) is 54.6 Å². The summed E-state index contributed by atoms with van der Waals surface area (Å²) in [5.41, 5.74) is 0.832. The molecule has 2 aliphatic rings. The van der Waals surface area contributed by atoms with E-state index < -0.39 is 0 Å². The lowest BCUT2D eigenvalue weighted by molar-refractivity contribution is -0.135. The number of amides is 2. The molecule has 30 heavy (non-hydrogen) atoms. The normalized spacial score (nSPS) is 19.1. The molecule has 1 unspecified atom stereocenters. The van der Waals surface area contributed by atoms with E-state index in [9.17, 15) is 9.59 Å². The van der Waals surface area contributed by atoms with Gasteiger partial charge in [0.1, 0.15) is 11.5 Å². The Kier molecular flexibility index (Phi) is 6.52. The summed E-state index contributed by atoms with van der Waals surface area (Å²) < 4.78 is 11.6. The predicted octanol–water partition coefficient (Wildman–Crippen LogP) is 3.51. The molecule has 158 valence electrons. The van der Waals surface area contributed by atoms with Crippen LogP contribution in [0.4, 0.5) is 5.69 Å². The zero-order chi connectivity index (χ0) is 20.8. The zero-order valence-electron chi connectivity index (χ0n) is 17.2. The van der Waals surface area contributed by atoms with Gasteiger partial charge in [-0.3, -0.25) is 9.59 Å². The molecule has 0 radical (unpaired) electrons. The molecule has 0 aromatic heterocycles. The van der Waals surface area contributed by atoms with Gasteiger partial charge < -0.3 is 19.3 Å². The van der Waals surface area contributed by atoms with Crippen molar-refractivity contribution in [1.29, 1.82) is 0 Å². The van der Waals surface area contributed by atoms with Crippen LogP contribution >= 0.6 is 0 Å². The number of anilines is 1. The molecular weight excluding hydrogens is 380 g/mol. The van der Waals surface area contributed by atoms with Crippen LogP contribution < -0.4 is 14.4 Å². The molecule has 0 saturated carbocycles. The SMILES string of the molecule is O=C(COc1cccc(N2CCCC2=O)c1)N1CCCC(COc2ccccc2)C1. The van der Waals surface area contributed by atoms with Gasteiger partial charge in [0.2, 0.25) is 5.91 Å². The Hall–Kier alpha value is -3.02. The van der Waals surface area contributed by atoms with E-state index in [1.807, 2.05) is 59.5 Å². The van der Waals surface area contributed by atoms with E-state index in [0.717, 1.165) is 43.8 Å². The Bertz CT molecular complexity index is 871. The molecule has 2 fully saturated rings. The second-order valence-electron chi connectivity index (χ2n) is 7.91. The number of carbonyl (C=O) groups is 2. The number of nitrogens with zero attached hydrogens (tertiary/aromatic N) is 2. The standard InChI is InChI=1S/C24H28N2O4/c27-23-12-6-14-26(23)20-8-4-11-22(15-20)30-18-24(28)25-13-5-7-19(16-25)17-29-21-9-2-1-3-10-21/h1-4,8-11,15,19H,5-7,12-14,16-18H2. The largest absolute Gasteiger partial charge is 0.493 e. The van der Waals surface area contributed by atoms with Crippen molar-refractivity contribution in [2.45, 2.75) is 25.7 Å². The molecule has 2 aromatic rings. The van der Waals surface area contributed by atoms with E-state index in [1.54, 1.807) is 4.90 Å². The van der Waals surface area contributed by atoms with Crippen molar-refractivity contribution in [2.75, 3.05) is 37.7 Å². The van der Waals surface area contributed by atoms with Crippen molar-refractivity contribution in [1.82, 2.24) is 4.90 Å². The maximum atomic E-state index is 12.7. The van der Waals surface area contributed by atoms with E-state index in [4.69, 9.17) is 9.47 Å². The minimum atomic E-state index is -0.0120. The number of benzene rings is 2. The minimum absolute atomic E-state index is 0.00363. The van der Waals surface area contributed by atoms with E-state index in [1.165, 1.54) is 0 Å². The number of hydrogen-bond donors (Lipinski definition) is 0. The summed E-state index contributed by atoms with van der Waals surface area (Å²) in [6.07, 6.45) is 3.50. The Labute approximate surface area is 177 Å². The first-order valence-electron chi connectivity index (χ1n) is 10.7. The van der Waals surface area contributed by atoms with Crippen molar-refractivity contribution in [3.8, 4) is 11.5 Å². The van der Waals surface area contributed by atoms with Crippen LogP contribution in [0, 0.1) is 5.92 Å². The number of piperidine rings is 1. The van der Waals surface area contributed by atoms with Gasteiger partial charge in [-0.25, -0.2) is 0 Å². The number of likely N-dealkylation sites (tertiary alicyclic amines) is 1. The van der Waals surface area contributed by atoms with Gasteiger partial charge in [-0.15, -0.1) is 0 Å². The van der Waals surface area contributed by atoms with Crippen LogP contribution in [0.2, 0.25) is 0 Å². The van der Waals surface area contributed by atoms with E-state index in [2.05, 4.69) is 0 Å². The summed E-state index contributed by atoms with van der Waals surface area (Å²) in [5, 5.41) is 0. The summed E-state index contributed by atoms with van der Waals surface area (Å²) in [6.45, 7) is 2.80. The summed E-state index contributed by atoms with van der Waals surface area (Å²) in [4.78, 5) is 28.3. The average Bonchev–Trinajstić information content (AvgIpc) is 3.23. The number of para-hydroxylation sites is 1. The molecule has 0 aliphatic carbocycles. The summed E-state index contributed by atoms with van der Waals surface area (Å²) in [5.74, 6) is 1.93. The number of carbonyl (C=O) groups excluding carboxylic acids is 2. The molecule has 6 nitrogen and oxygen atoms in total. The lowest BCUT2D eigenvalue weighted by Gasteiger charge is -2.32. The molecule has 2 saturated heterocycles. The molecule has 6 heteroatoms. The molecule has 2 amide bonds. The van der Waals surface area contributed by atoms with Crippen molar-refractivity contribution < 1.29 is 19.1 Å². The summed E-state index contributed by atoms with van der Waals surface area (Å²) in [6, 6.07) is 17.2. The first kappa shape index (κ1) is 20.3.